The lowest BCUT2D eigenvalue weighted by Gasteiger charge is -2.17. The van der Waals surface area contributed by atoms with E-state index in [1.807, 2.05) is 36.4 Å². The van der Waals surface area contributed by atoms with Gasteiger partial charge in [0.05, 0.1) is 27.8 Å². The Morgan fingerprint density at radius 1 is 0.323 bits per heavy atom. The Labute approximate surface area is 355 Å². The molecule has 4 aromatic heterocycles. The Morgan fingerprint density at radius 2 is 0.919 bits per heavy atom. The zero-order chi connectivity index (χ0) is 40.7. The van der Waals surface area contributed by atoms with Crippen molar-refractivity contribution in [3.63, 3.8) is 0 Å². The Kier molecular flexibility index (Phi) is 7.50. The van der Waals surface area contributed by atoms with Crippen LogP contribution in [-0.2, 0) is 0 Å². The zero-order valence-electron chi connectivity index (χ0n) is 33.4. The number of benzene rings is 9. The van der Waals surface area contributed by atoms with Crippen molar-refractivity contribution in [2.75, 3.05) is 0 Å². The van der Waals surface area contributed by atoms with Crippen LogP contribution in [0.2, 0.25) is 0 Å². The van der Waals surface area contributed by atoms with E-state index in [2.05, 4.69) is 190 Å². The minimum Gasteiger partial charge on any atom is -0.456 e. The Bertz CT molecular complexity index is 3870. The fourth-order valence-corrected chi connectivity index (χ4v) is 9.69. The number of hydrogen-bond donors (Lipinski definition) is 0. The monoisotopic (exact) mass is 793 g/mol. The van der Waals surface area contributed by atoms with E-state index >= 15 is 0 Å². The van der Waals surface area contributed by atoms with Crippen LogP contribution in [0.4, 0.5) is 0 Å². The van der Waals surface area contributed by atoms with E-state index < -0.39 is 0 Å². The summed E-state index contributed by atoms with van der Waals surface area (Å²) in [7, 11) is 0. The molecule has 0 N–H and O–H groups in total. The third-order valence-electron chi connectivity index (χ3n) is 12.4. The van der Waals surface area contributed by atoms with Gasteiger partial charge in [-0.05, 0) is 72.3 Å². The van der Waals surface area contributed by atoms with Crippen molar-refractivity contribution < 1.29 is 4.42 Å². The lowest BCUT2D eigenvalue weighted by atomic mass is 10.0. The maximum atomic E-state index is 6.38. The van der Waals surface area contributed by atoms with Gasteiger partial charge in [0.15, 0.2) is 11.6 Å². The zero-order valence-corrected chi connectivity index (χ0v) is 33.4. The van der Waals surface area contributed by atoms with Crippen LogP contribution in [-0.4, -0.2) is 23.9 Å². The fraction of sp³-hybridized carbons (Fsp3) is 0. The highest BCUT2D eigenvalue weighted by Gasteiger charge is 2.24. The van der Waals surface area contributed by atoms with Crippen LogP contribution in [0.1, 0.15) is 0 Å². The van der Waals surface area contributed by atoms with Gasteiger partial charge in [-0.3, -0.25) is 4.57 Å². The maximum Gasteiger partial charge on any atom is 0.171 e. The average molecular weight is 794 g/mol. The molecule has 6 nitrogen and oxygen atoms in total. The highest BCUT2D eigenvalue weighted by molar-refractivity contribution is 6.17. The molecule has 0 atom stereocenters. The van der Waals surface area contributed by atoms with Gasteiger partial charge in [0.1, 0.15) is 11.2 Å². The lowest BCUT2D eigenvalue weighted by molar-refractivity contribution is 0.669. The summed E-state index contributed by atoms with van der Waals surface area (Å²) >= 11 is 0. The van der Waals surface area contributed by atoms with Crippen LogP contribution in [0.3, 0.4) is 0 Å². The molecule has 9 aromatic carbocycles. The van der Waals surface area contributed by atoms with Crippen LogP contribution >= 0.6 is 0 Å². The van der Waals surface area contributed by atoms with E-state index in [1.165, 1.54) is 10.8 Å². The third kappa shape index (κ3) is 5.10. The molecule has 290 valence electrons. The molecule has 0 aliphatic heterocycles. The second-order valence-electron chi connectivity index (χ2n) is 15.8. The summed E-state index contributed by atoms with van der Waals surface area (Å²) in [6.45, 7) is 0. The van der Waals surface area contributed by atoms with Crippen molar-refractivity contribution in [1.82, 2.24) is 23.9 Å². The molecule has 0 aliphatic rings. The Hall–Kier alpha value is -8.48. The molecule has 13 aromatic rings. The topological polar surface area (TPSA) is 53.7 Å². The molecule has 62 heavy (non-hydrogen) atoms. The van der Waals surface area contributed by atoms with Crippen molar-refractivity contribution in [3.05, 3.63) is 212 Å². The molecule has 0 saturated heterocycles. The second-order valence-corrected chi connectivity index (χ2v) is 15.8. The van der Waals surface area contributed by atoms with E-state index in [-0.39, 0.29) is 0 Å². The molecule has 0 saturated carbocycles. The quantitative estimate of drug-likeness (QED) is 0.168. The molecule has 0 unspecified atom stereocenters. The lowest BCUT2D eigenvalue weighted by Crippen LogP contribution is -2.03. The number of furan rings is 1. The first kappa shape index (κ1) is 34.4. The van der Waals surface area contributed by atoms with Crippen molar-refractivity contribution in [2.45, 2.75) is 0 Å². The van der Waals surface area contributed by atoms with Crippen molar-refractivity contribution >= 4 is 65.6 Å². The molecule has 0 spiro atoms. The van der Waals surface area contributed by atoms with Crippen molar-refractivity contribution in [3.8, 4) is 51.0 Å². The van der Waals surface area contributed by atoms with Gasteiger partial charge in [-0.2, -0.15) is 0 Å². The van der Waals surface area contributed by atoms with Crippen molar-refractivity contribution in [1.29, 1.82) is 0 Å². The summed E-state index contributed by atoms with van der Waals surface area (Å²) in [5, 5.41) is 16.8. The number of para-hydroxylation sites is 6. The SMILES string of the molecule is c1ccc(-c2nnc(-c3cccc4c5ccccc5n(-c5ccccc5-c5cccc(-n6c7ccccc7c7cc8oc9ccccc9c8cc76)c5)c34)n2-c2ccccc2)cc1. The Morgan fingerprint density at radius 3 is 1.76 bits per heavy atom. The third-order valence-corrected chi connectivity index (χ3v) is 12.4. The summed E-state index contributed by atoms with van der Waals surface area (Å²) in [6.07, 6.45) is 0. The van der Waals surface area contributed by atoms with Gasteiger partial charge in [0, 0.05) is 60.4 Å². The predicted octanol–water partition coefficient (Wildman–Crippen LogP) is 14.4. The standard InChI is InChI=1S/C56H35N5O/c1-3-17-36(18-4-1)55-57-58-56(60(55)38-20-5-2-6-21-38)45-28-16-27-44-41-24-8-13-31-50(41)61(54(44)45)48-29-11-7-23-40(48)37-19-15-22-39(33-37)59-49-30-12-9-25-42(49)46-35-53-47(34-51(46)59)43-26-10-14-32-52(43)62-53/h1-35H. The van der Waals surface area contributed by atoms with E-state index in [0.29, 0.717) is 0 Å². The molecule has 0 amide bonds. The Balaban J connectivity index is 1.05. The molecular weight excluding hydrogens is 759 g/mol. The maximum absolute atomic E-state index is 6.38. The van der Waals surface area contributed by atoms with Gasteiger partial charge >= 0.3 is 0 Å². The van der Waals surface area contributed by atoms with Gasteiger partial charge in [-0.15, -0.1) is 10.2 Å². The second kappa shape index (κ2) is 13.5. The normalized spacial score (nSPS) is 11.9. The fourth-order valence-electron chi connectivity index (χ4n) is 9.69. The van der Waals surface area contributed by atoms with E-state index in [9.17, 15) is 0 Å². The van der Waals surface area contributed by atoms with E-state index in [1.54, 1.807) is 0 Å². The number of nitrogens with zero attached hydrogens (tertiary/aromatic N) is 5. The molecule has 6 heteroatoms. The number of rotatable bonds is 6. The molecule has 4 heterocycles. The van der Waals surface area contributed by atoms with Gasteiger partial charge < -0.3 is 13.6 Å². The van der Waals surface area contributed by atoms with Gasteiger partial charge in [0.2, 0.25) is 0 Å². The minimum absolute atomic E-state index is 0.773. The summed E-state index contributed by atoms with van der Waals surface area (Å²) in [5.74, 6) is 1.56. The summed E-state index contributed by atoms with van der Waals surface area (Å²) in [5.41, 5.74) is 13.6. The largest absolute Gasteiger partial charge is 0.456 e. The van der Waals surface area contributed by atoms with Crippen LogP contribution < -0.4 is 0 Å². The minimum atomic E-state index is 0.773. The average Bonchev–Trinajstić information content (AvgIpc) is 4.11. The van der Waals surface area contributed by atoms with Gasteiger partial charge in [-0.1, -0.05) is 146 Å². The first-order chi connectivity index (χ1) is 30.8. The van der Waals surface area contributed by atoms with Crippen LogP contribution in [0.25, 0.3) is 117 Å². The highest BCUT2D eigenvalue weighted by atomic mass is 16.3. The summed E-state index contributed by atoms with van der Waals surface area (Å²) in [4.78, 5) is 0. The molecule has 0 fully saturated rings. The molecular formula is C56H35N5O. The van der Waals surface area contributed by atoms with Gasteiger partial charge in [0.25, 0.3) is 0 Å². The number of hydrogen-bond acceptors (Lipinski definition) is 3. The van der Waals surface area contributed by atoms with Crippen LogP contribution in [0.5, 0.6) is 0 Å². The van der Waals surface area contributed by atoms with Gasteiger partial charge in [-0.25, -0.2) is 0 Å². The van der Waals surface area contributed by atoms with Crippen LogP contribution in [0.15, 0.2) is 217 Å². The van der Waals surface area contributed by atoms with E-state index in [0.717, 1.165) is 106 Å². The molecule has 0 bridgehead atoms. The van der Waals surface area contributed by atoms with Crippen molar-refractivity contribution in [2.24, 2.45) is 0 Å². The first-order valence-corrected chi connectivity index (χ1v) is 20.9. The van der Waals surface area contributed by atoms with Crippen LogP contribution in [0, 0.1) is 0 Å². The summed E-state index contributed by atoms with van der Waals surface area (Å²) < 4.78 is 13.4. The number of aromatic nitrogens is 5. The molecule has 0 radical (unpaired) electrons. The highest BCUT2D eigenvalue weighted by Crippen LogP contribution is 2.43. The first-order valence-electron chi connectivity index (χ1n) is 20.9. The molecule has 0 aliphatic carbocycles. The smallest absolute Gasteiger partial charge is 0.171 e. The van der Waals surface area contributed by atoms with E-state index in [4.69, 9.17) is 14.6 Å². The summed E-state index contributed by atoms with van der Waals surface area (Å²) in [6, 6.07) is 75.2. The predicted molar refractivity (Wildman–Crippen MR) is 254 cm³/mol. The molecule has 13 rings (SSSR count). The number of fused-ring (bicyclic) bond motifs is 9.